The molecule has 29 heavy (non-hydrogen) atoms. The second-order valence-corrected chi connectivity index (χ2v) is 6.48. The second-order valence-electron chi connectivity index (χ2n) is 6.48. The number of ether oxygens (including phenoxy) is 1. The number of anilines is 1. The predicted molar refractivity (Wildman–Crippen MR) is 111 cm³/mol. The highest BCUT2D eigenvalue weighted by molar-refractivity contribution is 5.92. The maximum absolute atomic E-state index is 13.1. The molecule has 1 heterocycles. The van der Waals surface area contributed by atoms with Gasteiger partial charge in [0.05, 0.1) is 12.8 Å². The van der Waals surface area contributed by atoms with Gasteiger partial charge in [0, 0.05) is 29.8 Å². The molecular weight excluding hydrogens is 370 g/mol. The van der Waals surface area contributed by atoms with Crippen molar-refractivity contribution in [2.24, 2.45) is 0 Å². The molecule has 0 bridgehead atoms. The van der Waals surface area contributed by atoms with E-state index in [4.69, 9.17) is 4.74 Å². The van der Waals surface area contributed by atoms with E-state index in [1.54, 1.807) is 31.2 Å². The van der Waals surface area contributed by atoms with E-state index in [1.165, 1.54) is 11.7 Å². The SMILES string of the molecule is COc1ccccc1NC(=O)Cn1c(-c2ccccc2)nc(C)c(CCO)c1=O. The Labute approximate surface area is 168 Å². The molecule has 0 saturated heterocycles. The lowest BCUT2D eigenvalue weighted by molar-refractivity contribution is -0.116. The molecule has 0 aliphatic rings. The average Bonchev–Trinajstić information content (AvgIpc) is 2.74. The number of hydrogen-bond acceptors (Lipinski definition) is 5. The fourth-order valence-corrected chi connectivity index (χ4v) is 3.14. The standard InChI is InChI=1S/C22H23N3O4/c1-15-17(12-13-26)22(28)25(21(23-15)16-8-4-3-5-9-16)14-20(27)24-18-10-6-7-11-19(18)29-2/h3-11,26H,12-14H2,1-2H3,(H,24,27). The number of aliphatic hydroxyl groups excluding tert-OH is 1. The number of hydrogen-bond donors (Lipinski definition) is 2. The Morgan fingerprint density at radius 2 is 1.83 bits per heavy atom. The van der Waals surface area contributed by atoms with Crippen LogP contribution >= 0.6 is 0 Å². The molecule has 0 radical (unpaired) electrons. The number of benzene rings is 2. The molecule has 0 atom stereocenters. The number of methoxy groups -OCH3 is 1. The molecule has 1 amide bonds. The van der Waals surface area contributed by atoms with Crippen molar-refractivity contribution in [2.75, 3.05) is 19.0 Å². The summed E-state index contributed by atoms with van der Waals surface area (Å²) in [6, 6.07) is 16.3. The van der Waals surface area contributed by atoms with Crippen molar-refractivity contribution in [3.05, 3.63) is 76.2 Å². The minimum atomic E-state index is -0.380. The van der Waals surface area contributed by atoms with E-state index in [0.29, 0.717) is 28.5 Å². The molecule has 7 nitrogen and oxygen atoms in total. The third kappa shape index (κ3) is 4.52. The molecule has 2 N–H and O–H groups in total. The number of nitrogens with zero attached hydrogens (tertiary/aromatic N) is 2. The van der Waals surface area contributed by atoms with Gasteiger partial charge in [0.15, 0.2) is 0 Å². The van der Waals surface area contributed by atoms with Gasteiger partial charge in [-0.25, -0.2) is 4.98 Å². The summed E-state index contributed by atoms with van der Waals surface area (Å²) in [6.45, 7) is 1.35. The first-order valence-electron chi connectivity index (χ1n) is 9.24. The van der Waals surface area contributed by atoms with Gasteiger partial charge in [0.2, 0.25) is 5.91 Å². The van der Waals surface area contributed by atoms with Crippen LogP contribution in [0.3, 0.4) is 0 Å². The lowest BCUT2D eigenvalue weighted by atomic mass is 10.1. The van der Waals surface area contributed by atoms with Gasteiger partial charge in [0.25, 0.3) is 5.56 Å². The Morgan fingerprint density at radius 3 is 2.52 bits per heavy atom. The normalized spacial score (nSPS) is 10.6. The third-order valence-electron chi connectivity index (χ3n) is 4.55. The Balaban J connectivity index is 2.01. The van der Waals surface area contributed by atoms with Gasteiger partial charge in [-0.15, -0.1) is 0 Å². The van der Waals surface area contributed by atoms with Gasteiger partial charge < -0.3 is 15.2 Å². The highest BCUT2D eigenvalue weighted by atomic mass is 16.5. The summed E-state index contributed by atoms with van der Waals surface area (Å²) < 4.78 is 6.60. The number of nitrogens with one attached hydrogen (secondary N) is 1. The van der Waals surface area contributed by atoms with E-state index < -0.39 is 0 Å². The first kappa shape index (κ1) is 20.3. The van der Waals surface area contributed by atoms with Crippen LogP contribution in [0.4, 0.5) is 5.69 Å². The van der Waals surface area contributed by atoms with Crippen molar-refractivity contribution < 1.29 is 14.6 Å². The summed E-state index contributed by atoms with van der Waals surface area (Å²) in [4.78, 5) is 30.4. The van der Waals surface area contributed by atoms with Crippen LogP contribution in [0.2, 0.25) is 0 Å². The van der Waals surface area contributed by atoms with Crippen LogP contribution < -0.4 is 15.6 Å². The predicted octanol–water partition coefficient (Wildman–Crippen LogP) is 2.40. The van der Waals surface area contributed by atoms with Crippen molar-refractivity contribution in [3.63, 3.8) is 0 Å². The molecule has 3 rings (SSSR count). The zero-order chi connectivity index (χ0) is 20.8. The molecule has 0 fully saturated rings. The van der Waals surface area contributed by atoms with Crippen LogP contribution in [0, 0.1) is 6.92 Å². The lowest BCUT2D eigenvalue weighted by Crippen LogP contribution is -2.33. The van der Waals surface area contributed by atoms with Crippen molar-refractivity contribution in [1.82, 2.24) is 9.55 Å². The van der Waals surface area contributed by atoms with Crippen molar-refractivity contribution in [3.8, 4) is 17.1 Å². The summed E-state index contributed by atoms with van der Waals surface area (Å²) in [7, 11) is 1.52. The zero-order valence-electron chi connectivity index (χ0n) is 16.4. The first-order valence-corrected chi connectivity index (χ1v) is 9.24. The second kappa shape index (κ2) is 9.16. The number of aryl methyl sites for hydroxylation is 1. The maximum Gasteiger partial charge on any atom is 0.257 e. The number of carbonyl (C=O) groups is 1. The molecule has 0 spiro atoms. The quantitative estimate of drug-likeness (QED) is 0.643. The summed E-state index contributed by atoms with van der Waals surface area (Å²) in [5.74, 6) is 0.554. The van der Waals surface area contributed by atoms with E-state index in [2.05, 4.69) is 10.3 Å². The minimum absolute atomic E-state index is 0.171. The smallest absolute Gasteiger partial charge is 0.257 e. The average molecular weight is 393 g/mol. The molecule has 3 aromatic rings. The van der Waals surface area contributed by atoms with E-state index in [0.717, 1.165) is 5.56 Å². The van der Waals surface area contributed by atoms with Crippen LogP contribution in [-0.2, 0) is 17.8 Å². The molecule has 1 aromatic heterocycles. The van der Waals surface area contributed by atoms with Crippen molar-refractivity contribution in [1.29, 1.82) is 0 Å². The fourth-order valence-electron chi connectivity index (χ4n) is 3.14. The number of amides is 1. The molecule has 2 aromatic carbocycles. The number of para-hydroxylation sites is 2. The third-order valence-corrected chi connectivity index (χ3v) is 4.55. The summed E-state index contributed by atoms with van der Waals surface area (Å²) >= 11 is 0. The van der Waals surface area contributed by atoms with Gasteiger partial charge in [-0.2, -0.15) is 0 Å². The number of aliphatic hydroxyl groups is 1. The zero-order valence-corrected chi connectivity index (χ0v) is 16.4. The fraction of sp³-hybridized carbons (Fsp3) is 0.227. The van der Waals surface area contributed by atoms with Gasteiger partial charge in [-0.05, 0) is 19.1 Å². The van der Waals surface area contributed by atoms with E-state index in [-0.39, 0.29) is 31.0 Å². The van der Waals surface area contributed by atoms with E-state index in [9.17, 15) is 14.7 Å². The topological polar surface area (TPSA) is 93.4 Å². The summed E-state index contributed by atoms with van der Waals surface area (Å²) in [6.07, 6.45) is 0.181. The Kier molecular flexibility index (Phi) is 6.41. The van der Waals surface area contributed by atoms with Gasteiger partial charge in [-0.3, -0.25) is 14.2 Å². The first-order chi connectivity index (χ1) is 14.0. The molecule has 0 aliphatic carbocycles. The Morgan fingerprint density at radius 1 is 1.14 bits per heavy atom. The summed E-state index contributed by atoms with van der Waals surface area (Å²) in [5, 5.41) is 12.1. The van der Waals surface area contributed by atoms with Crippen LogP contribution in [0.1, 0.15) is 11.3 Å². The van der Waals surface area contributed by atoms with E-state index >= 15 is 0 Å². The van der Waals surface area contributed by atoms with Crippen LogP contribution in [0.15, 0.2) is 59.4 Å². The monoisotopic (exact) mass is 393 g/mol. The largest absolute Gasteiger partial charge is 0.495 e. The highest BCUT2D eigenvalue weighted by Crippen LogP contribution is 2.23. The van der Waals surface area contributed by atoms with Gasteiger partial charge >= 0.3 is 0 Å². The van der Waals surface area contributed by atoms with Crippen LogP contribution in [0.5, 0.6) is 5.75 Å². The maximum atomic E-state index is 13.1. The highest BCUT2D eigenvalue weighted by Gasteiger charge is 2.18. The number of carbonyl (C=O) groups excluding carboxylic acids is 1. The Hall–Kier alpha value is -3.45. The van der Waals surface area contributed by atoms with Crippen LogP contribution in [-0.4, -0.2) is 34.3 Å². The molecular formula is C22H23N3O4. The van der Waals surface area contributed by atoms with Crippen molar-refractivity contribution >= 4 is 11.6 Å². The summed E-state index contributed by atoms with van der Waals surface area (Å²) in [5.41, 5.74) is 1.86. The van der Waals surface area contributed by atoms with E-state index in [1.807, 2.05) is 30.3 Å². The van der Waals surface area contributed by atoms with Crippen LogP contribution in [0.25, 0.3) is 11.4 Å². The molecule has 7 heteroatoms. The molecule has 0 unspecified atom stereocenters. The number of rotatable bonds is 7. The molecule has 0 saturated carbocycles. The lowest BCUT2D eigenvalue weighted by Gasteiger charge is -2.16. The van der Waals surface area contributed by atoms with Crippen molar-refractivity contribution in [2.45, 2.75) is 19.9 Å². The molecule has 150 valence electrons. The minimum Gasteiger partial charge on any atom is -0.495 e. The van der Waals surface area contributed by atoms with Gasteiger partial charge in [-0.1, -0.05) is 42.5 Å². The number of aromatic nitrogens is 2. The molecule has 0 aliphatic heterocycles. The van der Waals surface area contributed by atoms with Gasteiger partial charge in [0.1, 0.15) is 18.1 Å². The Bertz CT molecular complexity index is 1060.